The number of ketones is 1. The molecule has 1 aromatic rings. The molecular weight excluding hydrogens is 284 g/mol. The summed E-state index contributed by atoms with van der Waals surface area (Å²) < 4.78 is 0. The van der Waals surface area contributed by atoms with E-state index < -0.39 is 11.5 Å². The van der Waals surface area contributed by atoms with Crippen molar-refractivity contribution in [2.75, 3.05) is 0 Å². The highest BCUT2D eigenvalue weighted by atomic mass is 16.4. The van der Waals surface area contributed by atoms with Crippen LogP contribution in [0.25, 0.3) is 0 Å². The number of aromatic nitrogens is 1. The van der Waals surface area contributed by atoms with Crippen LogP contribution in [-0.2, 0) is 4.79 Å². The molecule has 0 aliphatic heterocycles. The fraction of sp³-hybridized carbons (Fsp3) is 0.562. The van der Waals surface area contributed by atoms with E-state index in [1.807, 2.05) is 0 Å². The van der Waals surface area contributed by atoms with Gasteiger partial charge < -0.3 is 15.4 Å². The van der Waals surface area contributed by atoms with E-state index in [2.05, 4.69) is 10.3 Å². The Kier molecular flexibility index (Phi) is 4.39. The minimum atomic E-state index is -0.911. The fourth-order valence-electron chi connectivity index (χ4n) is 3.50. The van der Waals surface area contributed by atoms with Crippen LogP contribution in [-0.4, -0.2) is 33.3 Å². The number of aliphatic carboxylic acids is 1. The second-order valence-electron chi connectivity index (χ2n) is 6.19. The van der Waals surface area contributed by atoms with Crippen LogP contribution in [0.2, 0.25) is 0 Å². The van der Waals surface area contributed by atoms with Gasteiger partial charge in [0.2, 0.25) is 0 Å². The molecule has 0 atom stereocenters. The van der Waals surface area contributed by atoms with E-state index in [1.54, 1.807) is 13.8 Å². The van der Waals surface area contributed by atoms with Gasteiger partial charge in [-0.3, -0.25) is 14.4 Å². The van der Waals surface area contributed by atoms with Crippen LogP contribution in [0, 0.1) is 13.8 Å². The number of aromatic amines is 1. The SMILES string of the molecule is CC(=O)c1c(C)[nH]c(C(=O)NC2(CC(=O)O)CCCC2)c1C. The summed E-state index contributed by atoms with van der Waals surface area (Å²) >= 11 is 0. The molecule has 1 fully saturated rings. The zero-order valence-corrected chi connectivity index (χ0v) is 13.2. The molecule has 1 heterocycles. The van der Waals surface area contributed by atoms with Crippen molar-refractivity contribution >= 4 is 17.7 Å². The van der Waals surface area contributed by atoms with E-state index >= 15 is 0 Å². The molecule has 1 aliphatic rings. The highest BCUT2D eigenvalue weighted by Gasteiger charge is 2.38. The van der Waals surface area contributed by atoms with E-state index in [0.717, 1.165) is 12.8 Å². The monoisotopic (exact) mass is 306 g/mol. The third-order valence-electron chi connectivity index (χ3n) is 4.45. The molecule has 0 saturated heterocycles. The number of hydrogen-bond acceptors (Lipinski definition) is 3. The molecule has 0 bridgehead atoms. The van der Waals surface area contributed by atoms with Crippen LogP contribution >= 0.6 is 0 Å². The van der Waals surface area contributed by atoms with E-state index in [9.17, 15) is 14.4 Å². The second-order valence-corrected chi connectivity index (χ2v) is 6.19. The lowest BCUT2D eigenvalue weighted by Gasteiger charge is -2.28. The van der Waals surface area contributed by atoms with Gasteiger partial charge in [-0.2, -0.15) is 0 Å². The number of carboxylic acid groups (broad SMARTS) is 1. The first kappa shape index (κ1) is 16.3. The first-order valence-electron chi connectivity index (χ1n) is 7.50. The van der Waals surface area contributed by atoms with Crippen LogP contribution in [0.1, 0.15) is 71.1 Å². The molecule has 120 valence electrons. The predicted octanol–water partition coefficient (Wildman–Crippen LogP) is 2.35. The summed E-state index contributed by atoms with van der Waals surface area (Å²) in [4.78, 5) is 38.2. The summed E-state index contributed by atoms with van der Waals surface area (Å²) in [6.45, 7) is 4.95. The molecule has 22 heavy (non-hydrogen) atoms. The number of nitrogens with one attached hydrogen (secondary N) is 2. The number of carbonyl (C=O) groups excluding carboxylic acids is 2. The lowest BCUT2D eigenvalue weighted by Crippen LogP contribution is -2.48. The average Bonchev–Trinajstić information content (AvgIpc) is 2.93. The lowest BCUT2D eigenvalue weighted by molar-refractivity contribution is -0.138. The van der Waals surface area contributed by atoms with Crippen molar-refractivity contribution in [2.24, 2.45) is 0 Å². The van der Waals surface area contributed by atoms with Gasteiger partial charge in [0.1, 0.15) is 5.69 Å². The summed E-state index contributed by atoms with van der Waals surface area (Å²) in [6, 6.07) is 0. The number of carboxylic acids is 1. The molecule has 0 unspecified atom stereocenters. The first-order chi connectivity index (χ1) is 10.3. The van der Waals surface area contributed by atoms with Gasteiger partial charge >= 0.3 is 5.97 Å². The standard InChI is InChI=1S/C16H22N2O4/c1-9-13(11(3)19)10(2)17-14(9)15(22)18-16(8-12(20)21)6-4-5-7-16/h17H,4-8H2,1-3H3,(H,18,22)(H,20,21). The molecule has 2 rings (SSSR count). The molecule has 0 radical (unpaired) electrons. The minimum absolute atomic E-state index is 0.0724. The predicted molar refractivity (Wildman–Crippen MR) is 81.2 cm³/mol. The Morgan fingerprint density at radius 1 is 1.23 bits per heavy atom. The minimum Gasteiger partial charge on any atom is -0.481 e. The van der Waals surface area contributed by atoms with Crippen molar-refractivity contribution in [3.8, 4) is 0 Å². The zero-order chi connectivity index (χ0) is 16.5. The van der Waals surface area contributed by atoms with Gasteiger partial charge in [0, 0.05) is 11.3 Å². The molecule has 1 aromatic heterocycles. The Hall–Kier alpha value is -2.11. The van der Waals surface area contributed by atoms with E-state index in [0.29, 0.717) is 35.4 Å². The Labute approximate surface area is 129 Å². The third-order valence-corrected chi connectivity index (χ3v) is 4.45. The van der Waals surface area contributed by atoms with Gasteiger partial charge in [0.25, 0.3) is 5.91 Å². The van der Waals surface area contributed by atoms with Gasteiger partial charge in [0.15, 0.2) is 5.78 Å². The average molecular weight is 306 g/mol. The third kappa shape index (κ3) is 3.05. The van der Waals surface area contributed by atoms with Crippen LogP contribution < -0.4 is 5.32 Å². The Bertz CT molecular complexity index is 624. The van der Waals surface area contributed by atoms with Crippen molar-refractivity contribution in [3.63, 3.8) is 0 Å². The second kappa shape index (κ2) is 5.94. The molecule has 3 N–H and O–H groups in total. The lowest BCUT2D eigenvalue weighted by atomic mass is 9.93. The maximum absolute atomic E-state index is 12.5. The normalized spacial score (nSPS) is 16.5. The molecule has 1 saturated carbocycles. The van der Waals surface area contributed by atoms with Crippen LogP contribution in [0.15, 0.2) is 0 Å². The Morgan fingerprint density at radius 2 is 1.82 bits per heavy atom. The van der Waals surface area contributed by atoms with Gasteiger partial charge in [-0.05, 0) is 39.2 Å². The van der Waals surface area contributed by atoms with Crippen molar-refractivity contribution in [3.05, 3.63) is 22.5 Å². The molecule has 0 spiro atoms. The Balaban J connectivity index is 2.27. The zero-order valence-electron chi connectivity index (χ0n) is 13.2. The summed E-state index contributed by atoms with van der Waals surface area (Å²) in [6.07, 6.45) is 3.09. The maximum atomic E-state index is 12.5. The number of aryl methyl sites for hydroxylation is 1. The topological polar surface area (TPSA) is 99.3 Å². The van der Waals surface area contributed by atoms with Crippen molar-refractivity contribution in [2.45, 2.75) is 58.4 Å². The van der Waals surface area contributed by atoms with E-state index in [4.69, 9.17) is 5.11 Å². The van der Waals surface area contributed by atoms with Crippen LogP contribution in [0.4, 0.5) is 0 Å². The maximum Gasteiger partial charge on any atom is 0.305 e. The number of carbonyl (C=O) groups is 3. The van der Waals surface area contributed by atoms with Crippen LogP contribution in [0.5, 0.6) is 0 Å². The summed E-state index contributed by atoms with van der Waals surface area (Å²) in [5.41, 5.74) is 1.48. The van der Waals surface area contributed by atoms with Gasteiger partial charge in [0.05, 0.1) is 12.0 Å². The first-order valence-corrected chi connectivity index (χ1v) is 7.50. The quantitative estimate of drug-likeness (QED) is 0.727. The van der Waals surface area contributed by atoms with Crippen molar-refractivity contribution in [1.29, 1.82) is 0 Å². The summed E-state index contributed by atoms with van der Waals surface area (Å²) in [7, 11) is 0. The number of Topliss-reactive ketones (excluding diaryl/α,β-unsaturated/α-hetero) is 1. The highest BCUT2D eigenvalue weighted by Crippen LogP contribution is 2.33. The van der Waals surface area contributed by atoms with Crippen molar-refractivity contribution in [1.82, 2.24) is 10.3 Å². The molecule has 1 amide bonds. The van der Waals surface area contributed by atoms with Crippen LogP contribution in [0.3, 0.4) is 0 Å². The molecular formula is C16H22N2O4. The van der Waals surface area contributed by atoms with E-state index in [1.165, 1.54) is 6.92 Å². The number of H-pyrrole nitrogens is 1. The van der Waals surface area contributed by atoms with Gasteiger partial charge in [-0.15, -0.1) is 0 Å². The van der Waals surface area contributed by atoms with E-state index in [-0.39, 0.29) is 18.1 Å². The number of hydrogen-bond donors (Lipinski definition) is 3. The number of rotatable bonds is 5. The molecule has 6 heteroatoms. The molecule has 0 aromatic carbocycles. The largest absolute Gasteiger partial charge is 0.481 e. The number of amides is 1. The molecule has 6 nitrogen and oxygen atoms in total. The van der Waals surface area contributed by atoms with Crippen molar-refractivity contribution < 1.29 is 19.5 Å². The van der Waals surface area contributed by atoms with Gasteiger partial charge in [-0.1, -0.05) is 12.8 Å². The molecule has 1 aliphatic carbocycles. The summed E-state index contributed by atoms with van der Waals surface area (Å²) in [5, 5.41) is 12.0. The smallest absolute Gasteiger partial charge is 0.305 e. The van der Waals surface area contributed by atoms with Gasteiger partial charge in [-0.25, -0.2) is 0 Å². The summed E-state index contributed by atoms with van der Waals surface area (Å²) in [5.74, 6) is -1.34. The fourth-order valence-corrected chi connectivity index (χ4v) is 3.50. The highest BCUT2D eigenvalue weighted by molar-refractivity contribution is 6.02. The Morgan fingerprint density at radius 3 is 2.27 bits per heavy atom.